The zero-order valence-electron chi connectivity index (χ0n) is 21.8. The molecule has 0 saturated heterocycles. The Bertz CT molecular complexity index is 1420. The average Bonchev–Trinajstić information content (AvgIpc) is 3.09. The van der Waals surface area contributed by atoms with Crippen LogP contribution in [-0.2, 0) is 17.9 Å². The fourth-order valence-corrected chi connectivity index (χ4v) is 5.26. The first kappa shape index (κ1) is 16.1. The monoisotopic (exact) mass is 401 g/mol. The summed E-state index contributed by atoms with van der Waals surface area (Å²) in [5.41, 5.74) is 7.83. The summed E-state index contributed by atoms with van der Waals surface area (Å²) in [6.07, 6.45) is 4.09. The summed E-state index contributed by atoms with van der Waals surface area (Å²) in [4.78, 5) is 0. The first-order valence-corrected chi connectivity index (χ1v) is 10.8. The highest BCUT2D eigenvalue weighted by atomic mass is 16.3. The van der Waals surface area contributed by atoms with Crippen molar-refractivity contribution in [2.75, 3.05) is 0 Å². The normalized spacial score (nSPS) is 19.3. The van der Waals surface area contributed by atoms with Gasteiger partial charge in [0.15, 0.2) is 6.20 Å². The molecule has 0 atom stereocenters. The van der Waals surface area contributed by atoms with Crippen molar-refractivity contribution in [3.05, 3.63) is 64.8 Å². The van der Waals surface area contributed by atoms with Crippen molar-refractivity contribution in [3.63, 3.8) is 0 Å². The van der Waals surface area contributed by atoms with Gasteiger partial charge in [-0.05, 0) is 54.1 Å². The van der Waals surface area contributed by atoms with E-state index in [1.165, 1.54) is 11.1 Å². The average molecular weight is 402 g/mol. The summed E-state index contributed by atoms with van der Waals surface area (Å²) in [5, 5.41) is 2.21. The van der Waals surface area contributed by atoms with E-state index in [1.807, 2.05) is 17.8 Å². The quantitative estimate of drug-likeness (QED) is 0.313. The Morgan fingerprint density at radius 2 is 1.63 bits per heavy atom. The van der Waals surface area contributed by atoms with Gasteiger partial charge in [-0.3, -0.25) is 0 Å². The lowest BCUT2D eigenvalue weighted by Gasteiger charge is -2.41. The highest BCUT2D eigenvalue weighted by Crippen LogP contribution is 2.50. The Hall–Kier alpha value is -2.61. The molecule has 2 aromatic carbocycles. The van der Waals surface area contributed by atoms with E-state index in [1.54, 1.807) is 12.1 Å². The van der Waals surface area contributed by atoms with Gasteiger partial charge in [0.25, 0.3) is 0 Å². The molecular formula is C28H32NO+. The van der Waals surface area contributed by atoms with Crippen LogP contribution in [-0.4, -0.2) is 0 Å². The lowest BCUT2D eigenvalue weighted by molar-refractivity contribution is -0.660. The number of nitrogens with zero attached hydrogens (tertiary/aromatic N) is 1. The molecule has 0 amide bonds. The fraction of sp³-hybridized carbons (Fsp3) is 0.393. The molecule has 154 valence electrons. The van der Waals surface area contributed by atoms with Gasteiger partial charge in [0, 0.05) is 32.6 Å². The van der Waals surface area contributed by atoms with E-state index in [-0.39, 0.29) is 10.8 Å². The molecule has 1 aliphatic rings. The molecule has 2 heteroatoms. The van der Waals surface area contributed by atoms with Gasteiger partial charge in [0.1, 0.15) is 18.2 Å². The molecule has 0 spiro atoms. The van der Waals surface area contributed by atoms with Gasteiger partial charge in [-0.2, -0.15) is 0 Å². The maximum Gasteiger partial charge on any atom is 0.216 e. The van der Waals surface area contributed by atoms with Gasteiger partial charge in [-0.25, -0.2) is 4.57 Å². The van der Waals surface area contributed by atoms with Gasteiger partial charge in [0.2, 0.25) is 5.69 Å². The van der Waals surface area contributed by atoms with Crippen LogP contribution in [0.5, 0.6) is 0 Å². The van der Waals surface area contributed by atoms with Gasteiger partial charge in [0.05, 0.1) is 5.56 Å². The predicted molar refractivity (Wildman–Crippen MR) is 125 cm³/mol. The first-order chi connectivity index (χ1) is 15.3. The summed E-state index contributed by atoms with van der Waals surface area (Å²) >= 11 is 0. The molecule has 0 N–H and O–H groups in total. The second-order valence-corrected chi connectivity index (χ2v) is 10.3. The highest BCUT2D eigenvalue weighted by Gasteiger charge is 2.39. The molecule has 0 saturated carbocycles. The minimum atomic E-state index is -2.16. The largest absolute Gasteiger partial charge is 0.455 e. The topological polar surface area (TPSA) is 17.0 Å². The lowest BCUT2D eigenvalue weighted by Crippen LogP contribution is -2.33. The number of aromatic nitrogens is 1. The Morgan fingerprint density at radius 1 is 0.933 bits per heavy atom. The van der Waals surface area contributed by atoms with Crippen LogP contribution in [0.4, 0.5) is 0 Å². The van der Waals surface area contributed by atoms with Crippen LogP contribution in [0, 0.1) is 13.8 Å². The molecule has 2 heterocycles. The third-order valence-corrected chi connectivity index (χ3v) is 7.20. The van der Waals surface area contributed by atoms with Gasteiger partial charge < -0.3 is 4.42 Å². The number of pyridine rings is 1. The smallest absolute Gasteiger partial charge is 0.216 e. The SMILES string of the molecule is [2H]C([2H])([2H])c1cc[n+](C)c(-c2c(C)ccc3c2oc2c4c(ccc23)C(C)(C)CCC4(C)C)c1. The van der Waals surface area contributed by atoms with Crippen LogP contribution >= 0.6 is 0 Å². The van der Waals surface area contributed by atoms with Crippen molar-refractivity contribution in [1.29, 1.82) is 0 Å². The molecule has 0 radical (unpaired) electrons. The predicted octanol–water partition coefficient (Wildman–Crippen LogP) is 7.04. The van der Waals surface area contributed by atoms with Gasteiger partial charge >= 0.3 is 0 Å². The van der Waals surface area contributed by atoms with E-state index in [9.17, 15) is 0 Å². The number of hydrogen-bond donors (Lipinski definition) is 0. The Balaban J connectivity index is 1.88. The molecule has 0 fully saturated rings. The fourth-order valence-electron chi connectivity index (χ4n) is 5.26. The van der Waals surface area contributed by atoms with Crippen molar-refractivity contribution in [2.24, 2.45) is 7.05 Å². The summed E-state index contributed by atoms with van der Waals surface area (Å²) in [7, 11) is 1.95. The number of aryl methyl sites for hydroxylation is 3. The maximum atomic E-state index is 7.89. The summed E-state index contributed by atoms with van der Waals surface area (Å²) in [6.45, 7) is 9.19. The van der Waals surface area contributed by atoms with Crippen LogP contribution in [0.2, 0.25) is 0 Å². The second-order valence-electron chi connectivity index (χ2n) is 10.3. The number of benzene rings is 2. The summed E-state index contributed by atoms with van der Waals surface area (Å²) < 4.78 is 32.4. The molecule has 2 aromatic heterocycles. The van der Waals surface area contributed by atoms with Crippen molar-refractivity contribution in [3.8, 4) is 11.3 Å². The zero-order valence-corrected chi connectivity index (χ0v) is 18.8. The zero-order chi connectivity index (χ0) is 23.9. The summed E-state index contributed by atoms with van der Waals surface area (Å²) in [6, 6.07) is 12.2. The van der Waals surface area contributed by atoms with E-state index >= 15 is 0 Å². The van der Waals surface area contributed by atoms with Crippen LogP contribution in [0.15, 0.2) is 47.0 Å². The van der Waals surface area contributed by atoms with E-state index in [0.717, 1.165) is 51.6 Å². The molecule has 4 aromatic rings. The van der Waals surface area contributed by atoms with E-state index in [0.29, 0.717) is 5.56 Å². The molecule has 0 unspecified atom stereocenters. The minimum absolute atomic E-state index is 0.0271. The molecule has 0 bridgehead atoms. The van der Waals surface area contributed by atoms with Gasteiger partial charge in [-0.15, -0.1) is 0 Å². The van der Waals surface area contributed by atoms with E-state index in [4.69, 9.17) is 8.53 Å². The number of fused-ring (bicyclic) bond motifs is 5. The highest BCUT2D eigenvalue weighted by molar-refractivity contribution is 6.11. The third kappa shape index (κ3) is 2.66. The van der Waals surface area contributed by atoms with Crippen molar-refractivity contribution in [2.45, 2.75) is 65.1 Å². The number of rotatable bonds is 1. The minimum Gasteiger partial charge on any atom is -0.455 e. The van der Waals surface area contributed by atoms with Crippen LogP contribution < -0.4 is 4.57 Å². The molecule has 2 nitrogen and oxygen atoms in total. The first-order valence-electron chi connectivity index (χ1n) is 12.3. The molecule has 1 aliphatic carbocycles. The molecule has 5 rings (SSSR count). The van der Waals surface area contributed by atoms with Crippen LogP contribution in [0.3, 0.4) is 0 Å². The van der Waals surface area contributed by atoms with Crippen LogP contribution in [0.1, 0.15) is 66.9 Å². The van der Waals surface area contributed by atoms with Gasteiger partial charge in [-0.1, -0.05) is 52.0 Å². The Morgan fingerprint density at radius 3 is 2.40 bits per heavy atom. The number of hydrogen-bond acceptors (Lipinski definition) is 1. The molecule has 0 aliphatic heterocycles. The number of furan rings is 1. The maximum absolute atomic E-state index is 7.89. The van der Waals surface area contributed by atoms with Crippen molar-refractivity contribution >= 4 is 21.9 Å². The second kappa shape index (κ2) is 6.20. The van der Waals surface area contributed by atoms with E-state index in [2.05, 4.69) is 58.9 Å². The standard InChI is InChI=1S/C28H32NO/c1-17-12-15-29(7)22(16-17)23-18(2)8-9-19-20-10-11-21-24(26(20)30-25(19)23)28(5,6)14-13-27(21,3)4/h8-12,15-16H,13-14H2,1-7H3/q+1/i1D3. The lowest BCUT2D eigenvalue weighted by atomic mass is 9.63. The third-order valence-electron chi connectivity index (χ3n) is 7.20. The Kier molecular flexibility index (Phi) is 3.33. The molecular weight excluding hydrogens is 366 g/mol. The van der Waals surface area contributed by atoms with Crippen LogP contribution in [0.25, 0.3) is 33.2 Å². The van der Waals surface area contributed by atoms with Crippen molar-refractivity contribution < 1.29 is 13.1 Å². The summed E-state index contributed by atoms with van der Waals surface area (Å²) in [5.74, 6) is 0. The van der Waals surface area contributed by atoms with E-state index < -0.39 is 6.85 Å². The van der Waals surface area contributed by atoms with Crippen molar-refractivity contribution in [1.82, 2.24) is 0 Å². The molecule has 30 heavy (non-hydrogen) atoms. The Labute approximate surface area is 183 Å².